The number of ether oxygens (including phenoxy) is 1. The van der Waals surface area contributed by atoms with Gasteiger partial charge in [-0.2, -0.15) is 5.10 Å². The minimum atomic E-state index is -0.378. The lowest BCUT2D eigenvalue weighted by Crippen LogP contribution is -2.20. The Kier molecular flexibility index (Phi) is 7.77. The number of aromatic hydroxyl groups is 1. The van der Waals surface area contributed by atoms with E-state index < -0.39 is 0 Å². The normalized spacial score (nSPS) is 10.5. The first-order valence-corrected chi connectivity index (χ1v) is 8.71. The van der Waals surface area contributed by atoms with Crippen LogP contribution < -0.4 is 15.5 Å². The lowest BCUT2D eigenvalue weighted by molar-refractivity contribution is -0.124. The van der Waals surface area contributed by atoms with Crippen molar-refractivity contribution in [1.29, 1.82) is 0 Å². The van der Waals surface area contributed by atoms with Gasteiger partial charge in [-0.05, 0) is 36.2 Å². The predicted molar refractivity (Wildman–Crippen MR) is 109 cm³/mol. The second-order valence-corrected chi connectivity index (χ2v) is 5.93. The van der Waals surface area contributed by atoms with Crippen LogP contribution in [-0.4, -0.2) is 30.2 Å². The van der Waals surface area contributed by atoms with E-state index >= 15 is 0 Å². The number of para-hydroxylation sites is 1. The number of nitrogens with one attached hydrogen (secondary N) is 2. The number of methoxy groups -OCH3 is 1. The molecule has 0 atom stereocenters. The average molecular weight is 381 g/mol. The maximum absolute atomic E-state index is 11.9. The van der Waals surface area contributed by atoms with Crippen LogP contribution in [0.1, 0.15) is 24.0 Å². The molecule has 0 saturated heterocycles. The monoisotopic (exact) mass is 381 g/mol. The molecule has 0 aliphatic rings. The number of hydrazone groups is 1. The Morgan fingerprint density at radius 1 is 1.18 bits per heavy atom. The molecule has 146 valence electrons. The fourth-order valence-electron chi connectivity index (χ4n) is 2.44. The molecule has 2 aromatic carbocycles. The zero-order valence-corrected chi connectivity index (χ0v) is 15.6. The average Bonchev–Trinajstić information content (AvgIpc) is 2.69. The van der Waals surface area contributed by atoms with Gasteiger partial charge in [0.05, 0.1) is 13.3 Å². The van der Waals surface area contributed by atoms with Crippen LogP contribution in [-0.2, 0) is 16.0 Å². The van der Waals surface area contributed by atoms with Gasteiger partial charge in [-0.3, -0.25) is 9.59 Å². The van der Waals surface area contributed by atoms with Gasteiger partial charge in [-0.15, -0.1) is 6.58 Å². The lowest BCUT2D eigenvalue weighted by Gasteiger charge is -2.09. The van der Waals surface area contributed by atoms with Crippen LogP contribution in [0.2, 0.25) is 0 Å². The highest BCUT2D eigenvalue weighted by molar-refractivity contribution is 5.93. The van der Waals surface area contributed by atoms with E-state index in [2.05, 4.69) is 22.4 Å². The number of amides is 2. The summed E-state index contributed by atoms with van der Waals surface area (Å²) in [6, 6.07) is 12.4. The van der Waals surface area contributed by atoms with Gasteiger partial charge in [-0.25, -0.2) is 5.43 Å². The van der Waals surface area contributed by atoms with Crippen molar-refractivity contribution in [2.24, 2.45) is 5.10 Å². The summed E-state index contributed by atoms with van der Waals surface area (Å²) in [5, 5.41) is 16.7. The Morgan fingerprint density at radius 2 is 1.89 bits per heavy atom. The summed E-state index contributed by atoms with van der Waals surface area (Å²) < 4.78 is 5.14. The van der Waals surface area contributed by atoms with Crippen molar-refractivity contribution in [1.82, 2.24) is 5.43 Å². The Bertz CT molecular complexity index is 863. The molecule has 2 rings (SSSR count). The number of phenolic OH excluding ortho intramolecular Hbond substituents is 1. The summed E-state index contributed by atoms with van der Waals surface area (Å²) in [5.74, 6) is -0.267. The van der Waals surface area contributed by atoms with Crippen LogP contribution in [0.3, 0.4) is 0 Å². The first-order valence-electron chi connectivity index (χ1n) is 8.71. The minimum Gasteiger partial charge on any atom is -0.504 e. The van der Waals surface area contributed by atoms with E-state index in [-0.39, 0.29) is 30.4 Å². The quantitative estimate of drug-likeness (QED) is 0.353. The molecule has 0 fully saturated rings. The second-order valence-electron chi connectivity index (χ2n) is 5.93. The Hall–Kier alpha value is -3.61. The maximum Gasteiger partial charge on any atom is 0.240 e. The summed E-state index contributed by atoms with van der Waals surface area (Å²) in [7, 11) is 1.45. The molecule has 2 amide bonds. The fourth-order valence-corrected chi connectivity index (χ4v) is 2.44. The van der Waals surface area contributed by atoms with E-state index in [1.54, 1.807) is 30.3 Å². The molecule has 0 bridgehead atoms. The third kappa shape index (κ3) is 6.28. The number of phenols is 1. The third-order valence-electron chi connectivity index (χ3n) is 3.80. The van der Waals surface area contributed by atoms with Crippen LogP contribution >= 0.6 is 0 Å². The van der Waals surface area contributed by atoms with Crippen molar-refractivity contribution in [2.45, 2.75) is 19.3 Å². The Balaban J connectivity index is 1.86. The molecule has 0 spiro atoms. The van der Waals surface area contributed by atoms with E-state index in [0.29, 0.717) is 29.0 Å². The number of hydrogen-bond acceptors (Lipinski definition) is 5. The summed E-state index contributed by atoms with van der Waals surface area (Å²) in [6.45, 7) is 3.65. The van der Waals surface area contributed by atoms with Gasteiger partial charge in [0.25, 0.3) is 0 Å². The van der Waals surface area contributed by atoms with E-state index in [1.807, 2.05) is 18.2 Å². The topological polar surface area (TPSA) is 100 Å². The van der Waals surface area contributed by atoms with Crippen LogP contribution in [0.5, 0.6) is 11.5 Å². The van der Waals surface area contributed by atoms with Gasteiger partial charge in [0.2, 0.25) is 11.8 Å². The number of carbonyl (C=O) groups is 2. The molecule has 0 unspecified atom stereocenters. The fraction of sp³-hybridized carbons (Fsp3) is 0.190. The van der Waals surface area contributed by atoms with E-state index in [4.69, 9.17) is 4.74 Å². The van der Waals surface area contributed by atoms with Crippen molar-refractivity contribution in [3.8, 4) is 11.5 Å². The first kappa shape index (κ1) is 20.7. The molecule has 0 aliphatic heterocycles. The molecule has 0 aliphatic carbocycles. The SMILES string of the molecule is C=CCc1cc(C=NNC(=O)CCC(=O)Nc2ccccc2)cc(OC)c1O. The number of carbonyl (C=O) groups excluding carboxylic acids is 2. The predicted octanol–water partition coefficient (Wildman–Crippen LogP) is 3.00. The third-order valence-corrected chi connectivity index (χ3v) is 3.80. The number of anilines is 1. The molecule has 7 nitrogen and oxygen atoms in total. The minimum absolute atomic E-state index is 0.0105. The summed E-state index contributed by atoms with van der Waals surface area (Å²) in [6.07, 6.45) is 3.63. The highest BCUT2D eigenvalue weighted by Crippen LogP contribution is 2.31. The van der Waals surface area contributed by atoms with Crippen LogP contribution in [0.4, 0.5) is 5.69 Å². The zero-order chi connectivity index (χ0) is 20.4. The summed E-state index contributed by atoms with van der Waals surface area (Å²) in [5.41, 5.74) is 4.35. The van der Waals surface area contributed by atoms with E-state index in [0.717, 1.165) is 0 Å². The number of benzene rings is 2. The van der Waals surface area contributed by atoms with E-state index in [1.165, 1.54) is 13.3 Å². The van der Waals surface area contributed by atoms with Crippen molar-refractivity contribution in [3.63, 3.8) is 0 Å². The van der Waals surface area contributed by atoms with Crippen molar-refractivity contribution in [2.75, 3.05) is 12.4 Å². The molecular formula is C21H23N3O4. The molecule has 0 saturated carbocycles. The van der Waals surface area contributed by atoms with Gasteiger partial charge < -0.3 is 15.2 Å². The van der Waals surface area contributed by atoms with Gasteiger partial charge in [0, 0.05) is 24.1 Å². The van der Waals surface area contributed by atoms with Crippen molar-refractivity contribution in [3.05, 3.63) is 66.2 Å². The van der Waals surface area contributed by atoms with Crippen LogP contribution in [0.25, 0.3) is 0 Å². The summed E-state index contributed by atoms with van der Waals surface area (Å²) in [4.78, 5) is 23.7. The van der Waals surface area contributed by atoms with Crippen LogP contribution in [0, 0.1) is 0 Å². The molecule has 7 heteroatoms. The largest absolute Gasteiger partial charge is 0.504 e. The zero-order valence-electron chi connectivity index (χ0n) is 15.6. The molecule has 0 radical (unpaired) electrons. The molecule has 3 N–H and O–H groups in total. The molecule has 0 aromatic heterocycles. The van der Waals surface area contributed by atoms with Crippen molar-refractivity contribution < 1.29 is 19.4 Å². The molecule has 28 heavy (non-hydrogen) atoms. The van der Waals surface area contributed by atoms with Gasteiger partial charge >= 0.3 is 0 Å². The van der Waals surface area contributed by atoms with Crippen molar-refractivity contribution >= 4 is 23.7 Å². The Labute approximate surface area is 163 Å². The first-order chi connectivity index (χ1) is 13.5. The highest BCUT2D eigenvalue weighted by Gasteiger charge is 2.09. The second kappa shape index (κ2) is 10.5. The molecule has 0 heterocycles. The smallest absolute Gasteiger partial charge is 0.240 e. The Morgan fingerprint density at radius 3 is 2.57 bits per heavy atom. The lowest BCUT2D eigenvalue weighted by atomic mass is 10.1. The van der Waals surface area contributed by atoms with Crippen LogP contribution in [0.15, 0.2) is 60.2 Å². The van der Waals surface area contributed by atoms with Gasteiger partial charge in [0.1, 0.15) is 0 Å². The van der Waals surface area contributed by atoms with Gasteiger partial charge in [-0.1, -0.05) is 24.3 Å². The van der Waals surface area contributed by atoms with E-state index in [9.17, 15) is 14.7 Å². The number of allylic oxidation sites excluding steroid dienone is 1. The standard InChI is InChI=1S/C21H23N3O4/c1-3-7-16-12-15(13-18(28-2)21(16)27)14-22-24-20(26)11-10-19(25)23-17-8-5-4-6-9-17/h3-6,8-9,12-14,27H,1,7,10-11H2,2H3,(H,23,25)(H,24,26). The van der Waals surface area contributed by atoms with Gasteiger partial charge in [0.15, 0.2) is 11.5 Å². The molecule has 2 aromatic rings. The number of nitrogens with zero attached hydrogens (tertiary/aromatic N) is 1. The highest BCUT2D eigenvalue weighted by atomic mass is 16.5. The number of hydrogen-bond donors (Lipinski definition) is 3. The molecular weight excluding hydrogens is 358 g/mol. The number of rotatable bonds is 9. The maximum atomic E-state index is 11.9. The summed E-state index contributed by atoms with van der Waals surface area (Å²) >= 11 is 0.